The molecule has 2 unspecified atom stereocenters. The van der Waals surface area contributed by atoms with Gasteiger partial charge in [0.1, 0.15) is 12.6 Å². The van der Waals surface area contributed by atoms with Crippen LogP contribution in [0.4, 0.5) is 4.79 Å². The maximum absolute atomic E-state index is 12.5. The number of carboxylic acids is 1. The van der Waals surface area contributed by atoms with E-state index in [1.165, 1.54) is 0 Å². The van der Waals surface area contributed by atoms with Crippen LogP contribution in [0, 0.1) is 0 Å². The predicted molar refractivity (Wildman–Crippen MR) is 115 cm³/mol. The molecule has 1 saturated heterocycles. The number of amides is 1. The number of likely N-dealkylation sites (tertiary alicyclic amines) is 1. The van der Waals surface area contributed by atoms with Gasteiger partial charge in [0, 0.05) is 12.0 Å². The molecular weight excluding hydrogens is 380 g/mol. The number of ether oxygens (including phenoxy) is 1. The second kappa shape index (κ2) is 8.88. The lowest BCUT2D eigenvalue weighted by Crippen LogP contribution is -2.47. The first-order valence-electron chi connectivity index (χ1n) is 10.6. The lowest BCUT2D eigenvalue weighted by atomic mass is 9.96. The van der Waals surface area contributed by atoms with Crippen molar-refractivity contribution in [3.63, 3.8) is 0 Å². The maximum Gasteiger partial charge on any atom is 0.407 e. The van der Waals surface area contributed by atoms with Gasteiger partial charge in [-0.3, -0.25) is 0 Å². The highest BCUT2D eigenvalue weighted by Gasteiger charge is 2.31. The largest absolute Gasteiger partial charge is 0.480 e. The van der Waals surface area contributed by atoms with Crippen LogP contribution >= 0.6 is 0 Å². The first-order valence-corrected chi connectivity index (χ1v) is 10.6. The number of benzene rings is 2. The smallest absolute Gasteiger partial charge is 0.407 e. The number of rotatable bonds is 6. The van der Waals surface area contributed by atoms with Gasteiger partial charge in [-0.15, -0.1) is 0 Å². The zero-order chi connectivity index (χ0) is 21.1. The molecule has 1 amide bonds. The fourth-order valence-corrected chi connectivity index (χ4v) is 4.72. The van der Waals surface area contributed by atoms with Crippen LogP contribution in [-0.2, 0) is 9.53 Å². The number of carboxylic acid groups (broad SMARTS) is 1. The van der Waals surface area contributed by atoms with E-state index in [-0.39, 0.29) is 18.6 Å². The van der Waals surface area contributed by atoms with Crippen LogP contribution in [-0.4, -0.2) is 54.4 Å². The molecule has 6 nitrogen and oxygen atoms in total. The Morgan fingerprint density at radius 1 is 1.10 bits per heavy atom. The van der Waals surface area contributed by atoms with E-state index < -0.39 is 18.1 Å². The van der Waals surface area contributed by atoms with Gasteiger partial charge in [0.15, 0.2) is 0 Å². The van der Waals surface area contributed by atoms with E-state index in [9.17, 15) is 14.7 Å². The number of carbonyl (C=O) groups is 2. The average molecular weight is 408 g/mol. The van der Waals surface area contributed by atoms with Crippen molar-refractivity contribution < 1.29 is 19.4 Å². The molecule has 0 aromatic heterocycles. The van der Waals surface area contributed by atoms with Crippen LogP contribution in [0.1, 0.15) is 42.7 Å². The van der Waals surface area contributed by atoms with E-state index in [0.717, 1.165) is 48.1 Å². The number of aliphatic carboxylic acids is 1. The summed E-state index contributed by atoms with van der Waals surface area (Å²) in [5.41, 5.74) is 4.58. The van der Waals surface area contributed by atoms with E-state index in [1.807, 2.05) is 31.3 Å². The Hall–Kier alpha value is -2.86. The van der Waals surface area contributed by atoms with Gasteiger partial charge in [0.05, 0.1) is 0 Å². The third kappa shape index (κ3) is 4.19. The van der Waals surface area contributed by atoms with E-state index in [4.69, 9.17) is 4.74 Å². The zero-order valence-electron chi connectivity index (χ0n) is 17.2. The molecule has 4 rings (SSSR count). The minimum absolute atomic E-state index is 0.0455. The van der Waals surface area contributed by atoms with Crippen LogP contribution in [0.5, 0.6) is 0 Å². The number of alkyl carbamates (subject to hydrolysis) is 1. The zero-order valence-corrected chi connectivity index (χ0v) is 17.2. The van der Waals surface area contributed by atoms with E-state index in [1.54, 1.807) is 0 Å². The lowest BCUT2D eigenvalue weighted by molar-refractivity contribution is -0.140. The summed E-state index contributed by atoms with van der Waals surface area (Å²) >= 11 is 0. The summed E-state index contributed by atoms with van der Waals surface area (Å²) in [5, 5.41) is 12.2. The molecule has 30 heavy (non-hydrogen) atoms. The summed E-state index contributed by atoms with van der Waals surface area (Å²) in [6, 6.07) is 15.5. The predicted octanol–water partition coefficient (Wildman–Crippen LogP) is 3.85. The van der Waals surface area contributed by atoms with Crippen molar-refractivity contribution in [2.24, 2.45) is 0 Å². The number of nitrogens with zero attached hydrogens (tertiary/aromatic N) is 1. The second-order valence-electron chi connectivity index (χ2n) is 8.23. The van der Waals surface area contributed by atoms with Gasteiger partial charge in [-0.25, -0.2) is 9.59 Å². The van der Waals surface area contributed by atoms with Crippen LogP contribution < -0.4 is 5.32 Å². The molecule has 2 aromatic rings. The van der Waals surface area contributed by atoms with E-state index in [0.29, 0.717) is 6.42 Å². The monoisotopic (exact) mass is 408 g/mol. The van der Waals surface area contributed by atoms with E-state index in [2.05, 4.69) is 34.5 Å². The summed E-state index contributed by atoms with van der Waals surface area (Å²) in [7, 11) is 2.01. The molecule has 1 fully saturated rings. The minimum atomic E-state index is -1.03. The molecule has 1 aliphatic heterocycles. The van der Waals surface area contributed by atoms with Crippen molar-refractivity contribution in [2.45, 2.75) is 43.7 Å². The van der Waals surface area contributed by atoms with Crippen molar-refractivity contribution in [3.05, 3.63) is 59.7 Å². The first kappa shape index (κ1) is 20.4. The summed E-state index contributed by atoms with van der Waals surface area (Å²) in [6.45, 7) is 1.14. The first-order chi connectivity index (χ1) is 14.5. The van der Waals surface area contributed by atoms with Crippen LogP contribution in [0.3, 0.4) is 0 Å². The quantitative estimate of drug-likeness (QED) is 0.759. The SMILES string of the molecule is CN1CCCCC1CC(NC(=O)OCC1c2ccccc2-c2ccccc21)C(=O)O. The molecule has 158 valence electrons. The van der Waals surface area contributed by atoms with Crippen LogP contribution in [0.15, 0.2) is 48.5 Å². The number of piperidine rings is 1. The summed E-state index contributed by atoms with van der Waals surface area (Å²) in [6.07, 6.45) is 2.88. The van der Waals surface area contributed by atoms with Gasteiger partial charge in [-0.05, 0) is 55.1 Å². The lowest BCUT2D eigenvalue weighted by Gasteiger charge is -2.34. The molecule has 2 aromatic carbocycles. The summed E-state index contributed by atoms with van der Waals surface area (Å²) in [5.74, 6) is -1.07. The Labute approximate surface area is 176 Å². The minimum Gasteiger partial charge on any atom is -0.480 e. The number of fused-ring (bicyclic) bond motifs is 3. The fourth-order valence-electron chi connectivity index (χ4n) is 4.72. The second-order valence-corrected chi connectivity index (χ2v) is 8.23. The van der Waals surface area contributed by atoms with E-state index >= 15 is 0 Å². The highest BCUT2D eigenvalue weighted by Crippen LogP contribution is 2.44. The Bertz CT molecular complexity index is 883. The summed E-state index contributed by atoms with van der Waals surface area (Å²) in [4.78, 5) is 26.3. The Morgan fingerprint density at radius 3 is 2.33 bits per heavy atom. The van der Waals surface area contributed by atoms with Crippen molar-refractivity contribution in [3.8, 4) is 11.1 Å². The van der Waals surface area contributed by atoms with Crippen molar-refractivity contribution in [1.29, 1.82) is 0 Å². The molecule has 2 N–H and O–H groups in total. The topological polar surface area (TPSA) is 78.9 Å². The highest BCUT2D eigenvalue weighted by atomic mass is 16.5. The van der Waals surface area contributed by atoms with Gasteiger partial charge >= 0.3 is 12.1 Å². The molecule has 0 spiro atoms. The maximum atomic E-state index is 12.5. The fraction of sp³-hybridized carbons (Fsp3) is 0.417. The Morgan fingerprint density at radius 2 is 1.73 bits per heavy atom. The number of nitrogens with one attached hydrogen (secondary N) is 1. The molecule has 1 heterocycles. The molecular formula is C24H28N2O4. The average Bonchev–Trinajstić information content (AvgIpc) is 3.07. The normalized spacial score (nSPS) is 19.6. The molecule has 2 aliphatic rings. The Balaban J connectivity index is 1.40. The molecule has 1 aliphatic carbocycles. The van der Waals surface area contributed by atoms with Crippen LogP contribution in [0.25, 0.3) is 11.1 Å². The number of hydrogen-bond acceptors (Lipinski definition) is 4. The third-order valence-electron chi connectivity index (χ3n) is 6.36. The van der Waals surface area contributed by atoms with Gasteiger partial charge in [-0.2, -0.15) is 0 Å². The highest BCUT2D eigenvalue weighted by molar-refractivity contribution is 5.81. The van der Waals surface area contributed by atoms with Gasteiger partial charge in [0.2, 0.25) is 0 Å². The number of carbonyl (C=O) groups excluding carboxylic acids is 1. The summed E-state index contributed by atoms with van der Waals surface area (Å²) < 4.78 is 5.51. The van der Waals surface area contributed by atoms with Gasteiger partial charge in [0.25, 0.3) is 0 Å². The Kier molecular flexibility index (Phi) is 6.04. The van der Waals surface area contributed by atoms with Crippen molar-refractivity contribution in [1.82, 2.24) is 10.2 Å². The van der Waals surface area contributed by atoms with Crippen molar-refractivity contribution in [2.75, 3.05) is 20.2 Å². The van der Waals surface area contributed by atoms with Gasteiger partial charge in [-0.1, -0.05) is 55.0 Å². The number of hydrogen-bond donors (Lipinski definition) is 2. The molecule has 2 atom stereocenters. The standard InChI is InChI=1S/C24H28N2O4/c1-26-13-7-6-8-16(26)14-22(23(27)28)25-24(29)30-15-21-19-11-4-2-9-17(19)18-10-3-5-12-20(18)21/h2-5,9-12,16,21-22H,6-8,13-15H2,1H3,(H,25,29)(H,27,28). The van der Waals surface area contributed by atoms with Gasteiger partial charge < -0.3 is 20.1 Å². The third-order valence-corrected chi connectivity index (χ3v) is 6.36. The van der Waals surface area contributed by atoms with Crippen molar-refractivity contribution >= 4 is 12.1 Å². The molecule has 0 radical (unpaired) electrons. The molecule has 0 saturated carbocycles. The molecule has 6 heteroatoms. The molecule has 0 bridgehead atoms. The van der Waals surface area contributed by atoms with Crippen LogP contribution in [0.2, 0.25) is 0 Å².